The maximum atomic E-state index is 13.4. The number of hydrogen-bond acceptors (Lipinski definition) is 3. The first-order chi connectivity index (χ1) is 14.4. The van der Waals surface area contributed by atoms with Crippen molar-refractivity contribution >= 4 is 28.8 Å². The molecule has 0 unspecified atom stereocenters. The quantitative estimate of drug-likeness (QED) is 0.617. The fourth-order valence-electron chi connectivity index (χ4n) is 3.48. The smallest absolute Gasteiger partial charge is 0.282 e. The molecule has 0 atom stereocenters. The topological polar surface area (TPSA) is 49.4 Å². The molecule has 4 nitrogen and oxygen atoms in total. The zero-order valence-corrected chi connectivity index (χ0v) is 17.0. The number of imide groups is 1. The van der Waals surface area contributed by atoms with Gasteiger partial charge in [0.1, 0.15) is 11.5 Å². The summed E-state index contributed by atoms with van der Waals surface area (Å²) in [7, 11) is 0. The van der Waals surface area contributed by atoms with E-state index < -0.39 is 17.6 Å². The van der Waals surface area contributed by atoms with Gasteiger partial charge in [-0.3, -0.25) is 9.59 Å². The number of carbonyl (C=O) groups excluding carboxylic acids is 2. The lowest BCUT2D eigenvalue weighted by molar-refractivity contribution is -0.120. The predicted molar refractivity (Wildman–Crippen MR) is 117 cm³/mol. The highest BCUT2D eigenvalue weighted by Crippen LogP contribution is 2.34. The number of hydrogen-bond donors (Lipinski definition) is 1. The lowest BCUT2D eigenvalue weighted by atomic mass is 9.99. The first-order valence-corrected chi connectivity index (χ1v) is 9.65. The van der Waals surface area contributed by atoms with Crippen molar-refractivity contribution in [2.75, 3.05) is 10.2 Å². The summed E-state index contributed by atoms with van der Waals surface area (Å²) in [5.41, 5.74) is 5.32. The van der Waals surface area contributed by atoms with Crippen molar-refractivity contribution < 1.29 is 14.0 Å². The van der Waals surface area contributed by atoms with Crippen LogP contribution in [0.2, 0.25) is 0 Å². The van der Waals surface area contributed by atoms with Gasteiger partial charge in [-0.2, -0.15) is 0 Å². The average Bonchev–Trinajstić information content (AvgIpc) is 2.96. The third-order valence-electron chi connectivity index (χ3n) is 5.37. The van der Waals surface area contributed by atoms with E-state index in [0.717, 1.165) is 27.3 Å². The Hall–Kier alpha value is -3.73. The largest absolute Gasteiger partial charge is 0.350 e. The zero-order chi connectivity index (χ0) is 21.4. The minimum atomic E-state index is -0.469. The monoisotopic (exact) mass is 400 g/mol. The molecule has 4 rings (SSSR count). The van der Waals surface area contributed by atoms with E-state index >= 15 is 0 Å². The minimum Gasteiger partial charge on any atom is -0.350 e. The number of aryl methyl sites for hydroxylation is 3. The lowest BCUT2D eigenvalue weighted by Gasteiger charge is -2.15. The average molecular weight is 400 g/mol. The number of amides is 2. The van der Waals surface area contributed by atoms with E-state index in [9.17, 15) is 14.0 Å². The molecule has 0 aliphatic carbocycles. The van der Waals surface area contributed by atoms with E-state index in [-0.39, 0.29) is 5.70 Å². The Morgan fingerprint density at radius 2 is 1.47 bits per heavy atom. The summed E-state index contributed by atoms with van der Waals surface area (Å²) >= 11 is 0. The Kier molecular flexibility index (Phi) is 4.96. The van der Waals surface area contributed by atoms with Crippen LogP contribution in [0.25, 0.3) is 5.57 Å². The molecule has 2 amide bonds. The van der Waals surface area contributed by atoms with Gasteiger partial charge in [-0.1, -0.05) is 36.4 Å². The third-order valence-corrected chi connectivity index (χ3v) is 5.37. The number of benzene rings is 3. The maximum absolute atomic E-state index is 13.4. The van der Waals surface area contributed by atoms with Gasteiger partial charge in [0.05, 0.1) is 11.3 Å². The lowest BCUT2D eigenvalue weighted by Crippen LogP contribution is -2.32. The molecule has 5 heteroatoms. The van der Waals surface area contributed by atoms with E-state index in [1.807, 2.05) is 63.2 Å². The molecular formula is C25H21FN2O2. The summed E-state index contributed by atoms with van der Waals surface area (Å²) in [6.45, 7) is 5.89. The van der Waals surface area contributed by atoms with Crippen molar-refractivity contribution in [2.45, 2.75) is 20.8 Å². The molecule has 30 heavy (non-hydrogen) atoms. The van der Waals surface area contributed by atoms with E-state index in [2.05, 4.69) is 5.32 Å². The number of halogens is 1. The molecule has 1 N–H and O–H groups in total. The maximum Gasteiger partial charge on any atom is 0.282 e. The second-order valence-corrected chi connectivity index (χ2v) is 7.41. The van der Waals surface area contributed by atoms with Crippen molar-refractivity contribution in [3.8, 4) is 0 Å². The third kappa shape index (κ3) is 3.39. The SMILES string of the molecule is Cc1ccc(C2=C(Nc3ccccc3C)C(=O)N(c3ccc(F)cc3)C2=O)cc1C. The Morgan fingerprint density at radius 3 is 2.13 bits per heavy atom. The second kappa shape index (κ2) is 7.59. The molecule has 1 aliphatic rings. The van der Waals surface area contributed by atoms with E-state index in [4.69, 9.17) is 0 Å². The van der Waals surface area contributed by atoms with Crippen LogP contribution in [0.4, 0.5) is 15.8 Å². The highest BCUT2D eigenvalue weighted by atomic mass is 19.1. The molecule has 0 bridgehead atoms. The van der Waals surface area contributed by atoms with Gasteiger partial charge in [0.2, 0.25) is 0 Å². The highest BCUT2D eigenvalue weighted by Gasteiger charge is 2.40. The van der Waals surface area contributed by atoms with Gasteiger partial charge >= 0.3 is 0 Å². The Labute approximate surface area is 174 Å². The highest BCUT2D eigenvalue weighted by molar-refractivity contribution is 6.46. The molecule has 3 aromatic carbocycles. The van der Waals surface area contributed by atoms with Crippen molar-refractivity contribution in [3.05, 3.63) is 100 Å². The number of rotatable bonds is 4. The van der Waals surface area contributed by atoms with Gasteiger partial charge in [-0.15, -0.1) is 0 Å². The van der Waals surface area contributed by atoms with Crippen molar-refractivity contribution in [3.63, 3.8) is 0 Å². The van der Waals surface area contributed by atoms with Crippen molar-refractivity contribution in [2.24, 2.45) is 0 Å². The number of carbonyl (C=O) groups is 2. The predicted octanol–water partition coefficient (Wildman–Crippen LogP) is 5.15. The molecule has 150 valence electrons. The minimum absolute atomic E-state index is 0.210. The van der Waals surface area contributed by atoms with Gasteiger partial charge in [0, 0.05) is 5.69 Å². The summed E-state index contributed by atoms with van der Waals surface area (Å²) < 4.78 is 13.4. The van der Waals surface area contributed by atoms with E-state index in [1.165, 1.54) is 24.3 Å². The zero-order valence-electron chi connectivity index (χ0n) is 17.0. The summed E-state index contributed by atoms with van der Waals surface area (Å²) in [5.74, 6) is -1.34. The summed E-state index contributed by atoms with van der Waals surface area (Å²) in [6.07, 6.45) is 0. The number of para-hydroxylation sites is 1. The Balaban J connectivity index is 1.86. The normalized spacial score (nSPS) is 13.9. The van der Waals surface area contributed by atoms with Crippen LogP contribution in [-0.2, 0) is 9.59 Å². The van der Waals surface area contributed by atoms with Crippen LogP contribution >= 0.6 is 0 Å². The molecule has 0 fully saturated rings. The van der Waals surface area contributed by atoms with Crippen LogP contribution < -0.4 is 10.2 Å². The number of anilines is 2. The Bertz CT molecular complexity index is 1200. The molecule has 1 aliphatic heterocycles. The van der Waals surface area contributed by atoms with Gasteiger partial charge in [0.25, 0.3) is 11.8 Å². The molecule has 0 radical (unpaired) electrons. The molecule has 0 aromatic heterocycles. The standard InChI is InChI=1S/C25H21FN2O2/c1-15-8-9-18(14-17(15)3)22-23(27-21-7-5-4-6-16(21)2)25(30)28(24(22)29)20-12-10-19(26)11-13-20/h4-14,27H,1-3H3. The molecule has 0 saturated carbocycles. The van der Waals surface area contributed by atoms with E-state index in [1.54, 1.807) is 0 Å². The van der Waals surface area contributed by atoms with Gasteiger partial charge in [0.15, 0.2) is 0 Å². The number of nitrogens with one attached hydrogen (secondary N) is 1. The fourth-order valence-corrected chi connectivity index (χ4v) is 3.48. The second-order valence-electron chi connectivity index (χ2n) is 7.41. The fraction of sp³-hybridized carbons (Fsp3) is 0.120. The van der Waals surface area contributed by atoms with Crippen LogP contribution in [0.3, 0.4) is 0 Å². The van der Waals surface area contributed by atoms with Crippen molar-refractivity contribution in [1.29, 1.82) is 0 Å². The van der Waals surface area contributed by atoms with Crippen LogP contribution in [0, 0.1) is 26.6 Å². The van der Waals surface area contributed by atoms with Crippen LogP contribution in [0.15, 0.2) is 72.4 Å². The van der Waals surface area contributed by atoms with Gasteiger partial charge < -0.3 is 5.32 Å². The molecule has 3 aromatic rings. The molecule has 0 saturated heterocycles. The van der Waals surface area contributed by atoms with Crippen LogP contribution in [0.5, 0.6) is 0 Å². The van der Waals surface area contributed by atoms with Crippen molar-refractivity contribution in [1.82, 2.24) is 0 Å². The first-order valence-electron chi connectivity index (χ1n) is 9.65. The summed E-state index contributed by atoms with van der Waals surface area (Å²) in [6, 6.07) is 18.6. The van der Waals surface area contributed by atoms with Crippen LogP contribution in [0.1, 0.15) is 22.3 Å². The molecule has 0 spiro atoms. The van der Waals surface area contributed by atoms with E-state index in [0.29, 0.717) is 16.8 Å². The summed E-state index contributed by atoms with van der Waals surface area (Å²) in [4.78, 5) is 27.8. The Morgan fingerprint density at radius 1 is 0.767 bits per heavy atom. The molecular weight excluding hydrogens is 379 g/mol. The van der Waals surface area contributed by atoms with Crippen LogP contribution in [-0.4, -0.2) is 11.8 Å². The first kappa shape index (κ1) is 19.6. The molecule has 1 heterocycles. The van der Waals surface area contributed by atoms with Gasteiger partial charge in [-0.25, -0.2) is 9.29 Å². The number of nitrogens with zero attached hydrogens (tertiary/aromatic N) is 1. The van der Waals surface area contributed by atoms with Gasteiger partial charge in [-0.05, 0) is 73.4 Å². The summed E-state index contributed by atoms with van der Waals surface area (Å²) in [5, 5.41) is 3.18.